The zero-order chi connectivity index (χ0) is 23.4. The third kappa shape index (κ3) is 5.45. The number of benzene rings is 2. The molecule has 0 spiro atoms. The Bertz CT molecular complexity index is 1180. The van der Waals surface area contributed by atoms with Crippen molar-refractivity contribution in [1.82, 2.24) is 19.4 Å². The van der Waals surface area contributed by atoms with E-state index < -0.39 is 10.0 Å². The summed E-state index contributed by atoms with van der Waals surface area (Å²) in [5, 5.41) is 8.67. The fourth-order valence-electron chi connectivity index (χ4n) is 4.75. The molecule has 0 radical (unpaired) electrons. The largest absolute Gasteiger partial charge is 0.304 e. The quantitative estimate of drug-likeness (QED) is 0.494. The molecule has 1 fully saturated rings. The molecular weight excluding hydrogens is 439 g/mol. The molecule has 2 heterocycles. The molecule has 1 N–H and O–H groups in total. The fourth-order valence-corrected chi connectivity index (χ4v) is 6.27. The molecule has 0 saturated carbocycles. The Hall–Kier alpha value is -2.29. The van der Waals surface area contributed by atoms with Crippen molar-refractivity contribution in [1.29, 1.82) is 0 Å². The normalized spacial score (nSPS) is 16.1. The first-order chi connectivity index (χ1) is 15.9. The standard InChI is InChI=1S/C25H33FN4O2S/c1-3-29(4-2)13-6-16-33(31,32)30-14-11-19(12-15-30)25-23-18-21(9-10-24(23)27-28-25)20-7-5-8-22(26)17-20/h5,7-10,17-19H,3-4,6,11-16H2,1-2H3,(H,27,28). The van der Waals surface area contributed by atoms with Crippen LogP contribution in [0.15, 0.2) is 42.5 Å². The minimum absolute atomic E-state index is 0.206. The van der Waals surface area contributed by atoms with Crippen LogP contribution < -0.4 is 0 Å². The first-order valence-electron chi connectivity index (χ1n) is 11.9. The Balaban J connectivity index is 1.43. The predicted octanol–water partition coefficient (Wildman–Crippen LogP) is 4.61. The molecule has 1 saturated heterocycles. The number of aromatic amines is 1. The van der Waals surface area contributed by atoms with Gasteiger partial charge in [-0.3, -0.25) is 5.10 Å². The maximum atomic E-state index is 13.7. The molecule has 0 atom stereocenters. The number of nitrogens with zero attached hydrogens (tertiary/aromatic N) is 3. The first-order valence-corrected chi connectivity index (χ1v) is 13.5. The summed E-state index contributed by atoms with van der Waals surface area (Å²) in [6.07, 6.45) is 2.19. The summed E-state index contributed by atoms with van der Waals surface area (Å²) in [6.45, 7) is 7.97. The second-order valence-corrected chi connectivity index (χ2v) is 10.8. The lowest BCUT2D eigenvalue weighted by molar-refractivity contribution is 0.299. The molecule has 0 unspecified atom stereocenters. The summed E-state index contributed by atoms with van der Waals surface area (Å²) < 4.78 is 41.0. The van der Waals surface area contributed by atoms with E-state index in [0.717, 1.165) is 60.2 Å². The molecule has 2 aromatic carbocycles. The molecule has 1 aliphatic heterocycles. The van der Waals surface area contributed by atoms with Gasteiger partial charge in [-0.1, -0.05) is 32.0 Å². The average Bonchev–Trinajstić information content (AvgIpc) is 3.25. The van der Waals surface area contributed by atoms with Crippen LogP contribution in [0.5, 0.6) is 0 Å². The number of sulfonamides is 1. The molecule has 1 aliphatic rings. The number of rotatable bonds is 9. The van der Waals surface area contributed by atoms with Crippen molar-refractivity contribution in [2.45, 2.75) is 39.0 Å². The van der Waals surface area contributed by atoms with Crippen molar-refractivity contribution in [2.75, 3.05) is 38.5 Å². The third-order valence-electron chi connectivity index (χ3n) is 6.77. The summed E-state index contributed by atoms with van der Waals surface area (Å²) in [6, 6.07) is 12.5. The van der Waals surface area contributed by atoms with Crippen molar-refractivity contribution >= 4 is 20.9 Å². The molecule has 0 bridgehead atoms. The molecule has 3 aromatic rings. The summed E-state index contributed by atoms with van der Waals surface area (Å²) in [5.74, 6) is 0.170. The van der Waals surface area contributed by atoms with Gasteiger partial charge in [0.15, 0.2) is 0 Å². The highest BCUT2D eigenvalue weighted by molar-refractivity contribution is 7.89. The number of H-pyrrole nitrogens is 1. The highest BCUT2D eigenvalue weighted by atomic mass is 32.2. The molecule has 8 heteroatoms. The zero-order valence-electron chi connectivity index (χ0n) is 19.4. The molecule has 33 heavy (non-hydrogen) atoms. The maximum Gasteiger partial charge on any atom is 0.214 e. The topological polar surface area (TPSA) is 69.3 Å². The van der Waals surface area contributed by atoms with E-state index in [2.05, 4.69) is 35.0 Å². The van der Waals surface area contributed by atoms with Crippen LogP contribution in [0, 0.1) is 5.82 Å². The molecular formula is C25H33FN4O2S. The van der Waals surface area contributed by atoms with Gasteiger partial charge in [0, 0.05) is 30.1 Å². The Labute approximate surface area is 195 Å². The average molecular weight is 473 g/mol. The highest BCUT2D eigenvalue weighted by Gasteiger charge is 2.30. The van der Waals surface area contributed by atoms with Crippen LogP contribution in [0.3, 0.4) is 0 Å². The molecule has 178 valence electrons. The van der Waals surface area contributed by atoms with Crippen molar-refractivity contribution in [3.63, 3.8) is 0 Å². The lowest BCUT2D eigenvalue weighted by Crippen LogP contribution is -2.40. The van der Waals surface area contributed by atoms with E-state index in [1.165, 1.54) is 12.1 Å². The third-order valence-corrected chi connectivity index (χ3v) is 8.72. The minimum atomic E-state index is -3.23. The van der Waals surface area contributed by atoms with Crippen LogP contribution >= 0.6 is 0 Å². The smallest absolute Gasteiger partial charge is 0.214 e. The van der Waals surface area contributed by atoms with Crippen molar-refractivity contribution in [3.8, 4) is 11.1 Å². The van der Waals surface area contributed by atoms with Gasteiger partial charge in [0.05, 0.1) is 11.3 Å². The van der Waals surface area contributed by atoms with Crippen molar-refractivity contribution in [2.24, 2.45) is 0 Å². The molecule has 1 aromatic heterocycles. The molecule has 4 rings (SSSR count). The number of fused-ring (bicyclic) bond motifs is 1. The number of nitrogens with one attached hydrogen (secondary N) is 1. The number of halogens is 1. The second-order valence-electron chi connectivity index (χ2n) is 8.75. The molecule has 0 aliphatic carbocycles. The van der Waals surface area contributed by atoms with Gasteiger partial charge in [0.1, 0.15) is 5.82 Å². The van der Waals surface area contributed by atoms with Gasteiger partial charge in [0.2, 0.25) is 10.0 Å². The van der Waals surface area contributed by atoms with Gasteiger partial charge in [-0.15, -0.1) is 0 Å². The number of hydrogen-bond donors (Lipinski definition) is 1. The Morgan fingerprint density at radius 3 is 2.52 bits per heavy atom. The second kappa shape index (κ2) is 10.3. The SMILES string of the molecule is CCN(CC)CCCS(=O)(=O)N1CCC(c2[nH]nc3ccc(-c4cccc(F)c4)cc23)CC1. The van der Waals surface area contributed by atoms with Crippen LogP contribution in [-0.2, 0) is 10.0 Å². The van der Waals surface area contributed by atoms with Crippen LogP contribution in [0.25, 0.3) is 22.0 Å². The highest BCUT2D eigenvalue weighted by Crippen LogP contribution is 2.34. The first kappa shape index (κ1) is 23.9. The van der Waals surface area contributed by atoms with Crippen LogP contribution in [0.2, 0.25) is 0 Å². The fraction of sp³-hybridized carbons (Fsp3) is 0.480. The zero-order valence-corrected chi connectivity index (χ0v) is 20.2. The van der Waals surface area contributed by atoms with E-state index in [0.29, 0.717) is 19.5 Å². The lowest BCUT2D eigenvalue weighted by Gasteiger charge is -2.31. The summed E-state index contributed by atoms with van der Waals surface area (Å²) in [7, 11) is -3.23. The summed E-state index contributed by atoms with van der Waals surface area (Å²) >= 11 is 0. The number of piperidine rings is 1. The number of hydrogen-bond acceptors (Lipinski definition) is 4. The van der Waals surface area contributed by atoms with Crippen molar-refractivity contribution < 1.29 is 12.8 Å². The van der Waals surface area contributed by atoms with E-state index >= 15 is 0 Å². The van der Waals surface area contributed by atoms with Crippen LogP contribution in [-0.4, -0.2) is 66.3 Å². The Morgan fingerprint density at radius 1 is 1.09 bits per heavy atom. The maximum absolute atomic E-state index is 13.7. The monoisotopic (exact) mass is 472 g/mol. The van der Waals surface area contributed by atoms with E-state index in [1.807, 2.05) is 18.2 Å². The predicted molar refractivity (Wildman–Crippen MR) is 131 cm³/mol. The summed E-state index contributed by atoms with van der Waals surface area (Å²) in [4.78, 5) is 2.25. The van der Waals surface area contributed by atoms with E-state index in [1.54, 1.807) is 10.4 Å². The molecule has 0 amide bonds. The van der Waals surface area contributed by atoms with Gasteiger partial charge >= 0.3 is 0 Å². The van der Waals surface area contributed by atoms with E-state index in [9.17, 15) is 12.8 Å². The molecule has 6 nitrogen and oxygen atoms in total. The van der Waals surface area contributed by atoms with Gasteiger partial charge in [-0.2, -0.15) is 5.10 Å². The van der Waals surface area contributed by atoms with Crippen molar-refractivity contribution in [3.05, 3.63) is 54.0 Å². The van der Waals surface area contributed by atoms with E-state index in [4.69, 9.17) is 0 Å². The lowest BCUT2D eigenvalue weighted by atomic mass is 9.91. The van der Waals surface area contributed by atoms with Gasteiger partial charge in [-0.25, -0.2) is 17.1 Å². The minimum Gasteiger partial charge on any atom is -0.304 e. The van der Waals surface area contributed by atoms with Gasteiger partial charge in [-0.05, 0) is 74.3 Å². The van der Waals surface area contributed by atoms with Gasteiger partial charge in [0.25, 0.3) is 0 Å². The van der Waals surface area contributed by atoms with Gasteiger partial charge < -0.3 is 4.90 Å². The Morgan fingerprint density at radius 2 is 1.82 bits per heavy atom. The number of aromatic nitrogens is 2. The Kier molecular flexibility index (Phi) is 7.46. The van der Waals surface area contributed by atoms with Crippen LogP contribution in [0.4, 0.5) is 4.39 Å². The van der Waals surface area contributed by atoms with E-state index in [-0.39, 0.29) is 17.5 Å². The van der Waals surface area contributed by atoms with Crippen LogP contribution in [0.1, 0.15) is 44.7 Å². The summed E-state index contributed by atoms with van der Waals surface area (Å²) in [5.41, 5.74) is 3.69.